The van der Waals surface area contributed by atoms with Gasteiger partial charge in [0.05, 0.1) is 0 Å². The fraction of sp³-hybridized carbons (Fsp3) is 0.611. The summed E-state index contributed by atoms with van der Waals surface area (Å²) >= 11 is 0. The van der Waals surface area contributed by atoms with Crippen LogP contribution in [0.15, 0.2) is 18.2 Å². The quantitative estimate of drug-likeness (QED) is 0.894. The van der Waals surface area contributed by atoms with E-state index >= 15 is 0 Å². The summed E-state index contributed by atoms with van der Waals surface area (Å²) in [6.07, 6.45) is 0. The highest BCUT2D eigenvalue weighted by Gasteiger charge is 2.35. The van der Waals surface area contributed by atoms with Gasteiger partial charge in [-0.05, 0) is 70.7 Å². The van der Waals surface area contributed by atoms with Crippen molar-refractivity contribution < 1.29 is 9.90 Å². The van der Waals surface area contributed by atoms with E-state index in [1.54, 1.807) is 12.1 Å². The van der Waals surface area contributed by atoms with Crippen molar-refractivity contribution in [3.63, 3.8) is 0 Å². The van der Waals surface area contributed by atoms with Crippen molar-refractivity contribution in [2.45, 2.75) is 6.92 Å². The number of carbonyl (C=O) groups excluding carboxylic acids is 1. The standard InChI is InChI=1S/C18H29N3O2/c1-13-6-14(8-17(22)7-13)18(23)21-11-15(9-19(2)3)16(12-21)10-20(4)5/h6-8,15-16,22H,9-12H2,1-5H3/t15-,16-/m1/s1. The monoisotopic (exact) mass is 319 g/mol. The number of nitrogens with zero attached hydrogens (tertiary/aromatic N) is 3. The first-order valence-electron chi connectivity index (χ1n) is 8.15. The molecule has 1 heterocycles. The minimum atomic E-state index is 0.0222. The van der Waals surface area contributed by atoms with Crippen molar-refractivity contribution in [3.8, 4) is 5.75 Å². The van der Waals surface area contributed by atoms with Gasteiger partial charge in [0, 0.05) is 31.7 Å². The minimum absolute atomic E-state index is 0.0222. The largest absolute Gasteiger partial charge is 0.508 e. The Hall–Kier alpha value is -1.59. The molecule has 5 nitrogen and oxygen atoms in total. The summed E-state index contributed by atoms with van der Waals surface area (Å²) in [7, 11) is 8.32. The number of phenolic OH excluding ortho intramolecular Hbond substituents is 1. The zero-order chi connectivity index (χ0) is 17.1. The third kappa shape index (κ3) is 4.69. The molecule has 1 aromatic carbocycles. The first-order chi connectivity index (χ1) is 10.8. The molecule has 23 heavy (non-hydrogen) atoms. The maximum Gasteiger partial charge on any atom is 0.254 e. The molecule has 1 saturated heterocycles. The zero-order valence-electron chi connectivity index (χ0n) is 14.9. The summed E-state index contributed by atoms with van der Waals surface area (Å²) in [4.78, 5) is 19.1. The van der Waals surface area contributed by atoms with Crippen LogP contribution < -0.4 is 0 Å². The lowest BCUT2D eigenvalue weighted by Gasteiger charge is -2.24. The number of rotatable bonds is 5. The van der Waals surface area contributed by atoms with Crippen LogP contribution in [0.4, 0.5) is 0 Å². The molecule has 1 aliphatic heterocycles. The van der Waals surface area contributed by atoms with Gasteiger partial charge in [0.1, 0.15) is 5.75 Å². The molecule has 2 atom stereocenters. The van der Waals surface area contributed by atoms with Crippen LogP contribution in [-0.4, -0.2) is 80.1 Å². The van der Waals surface area contributed by atoms with Crippen molar-refractivity contribution in [1.29, 1.82) is 0 Å². The topological polar surface area (TPSA) is 47.0 Å². The Morgan fingerprint density at radius 2 is 1.61 bits per heavy atom. The molecule has 2 rings (SSSR count). The molecule has 0 radical (unpaired) electrons. The van der Waals surface area contributed by atoms with Gasteiger partial charge in [0.15, 0.2) is 0 Å². The fourth-order valence-electron chi connectivity index (χ4n) is 3.53. The number of hydrogen-bond donors (Lipinski definition) is 1. The normalized spacial score (nSPS) is 21.4. The van der Waals surface area contributed by atoms with Crippen molar-refractivity contribution in [3.05, 3.63) is 29.3 Å². The lowest BCUT2D eigenvalue weighted by Crippen LogP contribution is -2.32. The van der Waals surface area contributed by atoms with E-state index in [1.807, 2.05) is 17.9 Å². The average Bonchev–Trinajstić information content (AvgIpc) is 2.78. The number of aryl methyl sites for hydroxylation is 1. The van der Waals surface area contributed by atoms with Crippen LogP contribution in [0.1, 0.15) is 15.9 Å². The van der Waals surface area contributed by atoms with Crippen LogP contribution in [0.2, 0.25) is 0 Å². The molecule has 1 N–H and O–H groups in total. The van der Waals surface area contributed by atoms with Crippen LogP contribution in [0.25, 0.3) is 0 Å². The number of phenols is 1. The highest BCUT2D eigenvalue weighted by molar-refractivity contribution is 5.95. The first kappa shape index (κ1) is 17.8. The zero-order valence-corrected chi connectivity index (χ0v) is 14.9. The summed E-state index contributed by atoms with van der Waals surface area (Å²) in [6.45, 7) is 5.43. The highest BCUT2D eigenvalue weighted by Crippen LogP contribution is 2.27. The number of hydrogen-bond acceptors (Lipinski definition) is 4. The van der Waals surface area contributed by atoms with E-state index in [9.17, 15) is 9.90 Å². The lowest BCUT2D eigenvalue weighted by molar-refractivity contribution is 0.0781. The highest BCUT2D eigenvalue weighted by atomic mass is 16.3. The summed E-state index contributed by atoms with van der Waals surface area (Å²) < 4.78 is 0. The second-order valence-corrected chi connectivity index (χ2v) is 7.31. The molecule has 0 bridgehead atoms. The van der Waals surface area contributed by atoms with E-state index in [1.165, 1.54) is 0 Å². The van der Waals surface area contributed by atoms with Gasteiger partial charge < -0.3 is 19.8 Å². The molecule has 1 aromatic rings. The van der Waals surface area contributed by atoms with Gasteiger partial charge in [-0.25, -0.2) is 0 Å². The Bertz CT molecular complexity index is 519. The van der Waals surface area contributed by atoms with E-state index < -0.39 is 0 Å². The number of amides is 1. The van der Waals surface area contributed by atoms with Gasteiger partial charge in [0.2, 0.25) is 0 Å². The van der Waals surface area contributed by atoms with Crippen LogP contribution in [0, 0.1) is 18.8 Å². The Kier molecular flexibility index (Phi) is 5.65. The van der Waals surface area contributed by atoms with Crippen molar-refractivity contribution in [1.82, 2.24) is 14.7 Å². The predicted octanol–water partition coefficient (Wildman–Crippen LogP) is 1.51. The second kappa shape index (κ2) is 7.32. The summed E-state index contributed by atoms with van der Waals surface area (Å²) in [5.41, 5.74) is 1.49. The molecule has 0 unspecified atom stereocenters. The van der Waals surface area contributed by atoms with Gasteiger partial charge in [-0.15, -0.1) is 0 Å². The first-order valence-corrected chi connectivity index (χ1v) is 8.15. The molecule has 1 fully saturated rings. The third-order valence-electron chi connectivity index (χ3n) is 4.37. The van der Waals surface area contributed by atoms with Gasteiger partial charge in [0.25, 0.3) is 5.91 Å². The van der Waals surface area contributed by atoms with Crippen molar-refractivity contribution in [2.24, 2.45) is 11.8 Å². The molecular weight excluding hydrogens is 290 g/mol. The summed E-state index contributed by atoms with van der Waals surface area (Å²) in [6, 6.07) is 5.09. The maximum absolute atomic E-state index is 12.8. The Morgan fingerprint density at radius 3 is 2.04 bits per heavy atom. The third-order valence-corrected chi connectivity index (χ3v) is 4.37. The molecule has 128 valence electrons. The Morgan fingerprint density at radius 1 is 1.09 bits per heavy atom. The maximum atomic E-state index is 12.8. The smallest absolute Gasteiger partial charge is 0.254 e. The van der Waals surface area contributed by atoms with Crippen LogP contribution in [0.5, 0.6) is 5.75 Å². The van der Waals surface area contributed by atoms with E-state index in [-0.39, 0.29) is 11.7 Å². The molecule has 5 heteroatoms. The Labute approximate surface area is 139 Å². The van der Waals surface area contributed by atoms with E-state index in [2.05, 4.69) is 38.0 Å². The Balaban J connectivity index is 2.14. The predicted molar refractivity (Wildman–Crippen MR) is 92.8 cm³/mol. The van der Waals surface area contributed by atoms with Crippen LogP contribution in [0.3, 0.4) is 0 Å². The number of aromatic hydroxyl groups is 1. The van der Waals surface area contributed by atoms with Gasteiger partial charge in [-0.1, -0.05) is 0 Å². The van der Waals surface area contributed by atoms with Crippen LogP contribution in [-0.2, 0) is 0 Å². The fourth-order valence-corrected chi connectivity index (χ4v) is 3.53. The van der Waals surface area contributed by atoms with E-state index in [0.29, 0.717) is 17.4 Å². The van der Waals surface area contributed by atoms with Gasteiger partial charge >= 0.3 is 0 Å². The molecule has 0 aliphatic carbocycles. The summed E-state index contributed by atoms with van der Waals surface area (Å²) in [5.74, 6) is 1.14. The minimum Gasteiger partial charge on any atom is -0.508 e. The van der Waals surface area contributed by atoms with Crippen LogP contribution >= 0.6 is 0 Å². The van der Waals surface area contributed by atoms with E-state index in [0.717, 1.165) is 31.7 Å². The van der Waals surface area contributed by atoms with Gasteiger partial charge in [-0.3, -0.25) is 4.79 Å². The number of likely N-dealkylation sites (tertiary alicyclic amines) is 1. The van der Waals surface area contributed by atoms with E-state index in [4.69, 9.17) is 0 Å². The van der Waals surface area contributed by atoms with Crippen molar-refractivity contribution >= 4 is 5.91 Å². The SMILES string of the molecule is Cc1cc(O)cc(C(=O)N2C[C@@H](CN(C)C)[C@H](CN(C)C)C2)c1. The number of benzene rings is 1. The second-order valence-electron chi connectivity index (χ2n) is 7.31. The number of carbonyl (C=O) groups is 1. The molecule has 0 saturated carbocycles. The molecule has 0 aromatic heterocycles. The summed E-state index contributed by atoms with van der Waals surface area (Å²) in [5, 5.41) is 9.74. The molecular formula is C18H29N3O2. The molecule has 1 aliphatic rings. The lowest BCUT2D eigenvalue weighted by atomic mass is 9.95. The molecule has 1 amide bonds. The average molecular weight is 319 g/mol. The van der Waals surface area contributed by atoms with Crippen molar-refractivity contribution in [2.75, 3.05) is 54.4 Å². The molecule has 0 spiro atoms. The van der Waals surface area contributed by atoms with Gasteiger partial charge in [-0.2, -0.15) is 0 Å².